The fourth-order valence-electron chi connectivity index (χ4n) is 4.72. The first-order valence-electron chi connectivity index (χ1n) is 10.4. The van der Waals surface area contributed by atoms with Crippen molar-refractivity contribution in [2.75, 3.05) is 19.6 Å². The van der Waals surface area contributed by atoms with Gasteiger partial charge in [0.25, 0.3) is 5.91 Å². The summed E-state index contributed by atoms with van der Waals surface area (Å²) in [7, 11) is 0. The molecule has 1 saturated carbocycles. The zero-order valence-electron chi connectivity index (χ0n) is 16.9. The molecule has 0 aromatic heterocycles. The minimum Gasteiger partial charge on any atom is -0.352 e. The van der Waals surface area contributed by atoms with Crippen LogP contribution in [-0.4, -0.2) is 54.0 Å². The van der Waals surface area contributed by atoms with Gasteiger partial charge in [-0.3, -0.25) is 14.5 Å². The van der Waals surface area contributed by atoms with E-state index in [-0.39, 0.29) is 29.8 Å². The van der Waals surface area contributed by atoms with Gasteiger partial charge >= 0.3 is 6.03 Å². The zero-order valence-corrected chi connectivity index (χ0v) is 16.9. The fraction of sp³-hybridized carbons (Fsp3) is 0.850. The van der Waals surface area contributed by atoms with Crippen LogP contribution >= 0.6 is 0 Å². The maximum absolute atomic E-state index is 13.0. The third kappa shape index (κ3) is 4.13. The molecule has 1 aliphatic carbocycles. The van der Waals surface area contributed by atoms with Gasteiger partial charge in [0.05, 0.1) is 0 Å². The molecule has 7 heteroatoms. The summed E-state index contributed by atoms with van der Waals surface area (Å²) in [4.78, 5) is 38.9. The van der Waals surface area contributed by atoms with Crippen LogP contribution in [0.5, 0.6) is 0 Å². The maximum Gasteiger partial charge on any atom is 0.325 e. The molecule has 3 aliphatic rings. The molecule has 0 aromatic rings. The van der Waals surface area contributed by atoms with E-state index in [4.69, 9.17) is 0 Å². The number of imide groups is 1. The van der Waals surface area contributed by atoms with Crippen LogP contribution in [0.25, 0.3) is 0 Å². The highest BCUT2D eigenvalue weighted by molar-refractivity contribution is 6.09. The molecular weight excluding hydrogens is 344 g/mol. The van der Waals surface area contributed by atoms with Crippen molar-refractivity contribution in [3.8, 4) is 0 Å². The molecule has 3 N–H and O–H groups in total. The molecule has 0 aromatic carbocycles. The van der Waals surface area contributed by atoms with E-state index in [1.807, 2.05) is 0 Å². The average Bonchev–Trinajstić information content (AvgIpc) is 2.87. The quantitative estimate of drug-likeness (QED) is 0.636. The lowest BCUT2D eigenvalue weighted by molar-refractivity contribution is -0.136. The number of urea groups is 1. The van der Waals surface area contributed by atoms with Crippen molar-refractivity contribution < 1.29 is 14.4 Å². The monoisotopic (exact) mass is 378 g/mol. The molecule has 1 spiro atoms. The van der Waals surface area contributed by atoms with E-state index >= 15 is 0 Å². The summed E-state index contributed by atoms with van der Waals surface area (Å²) < 4.78 is 0. The van der Waals surface area contributed by atoms with Crippen LogP contribution in [0, 0.1) is 11.3 Å². The summed E-state index contributed by atoms with van der Waals surface area (Å²) in [5, 5.41) is 9.13. The highest BCUT2D eigenvalue weighted by Crippen LogP contribution is 2.45. The maximum atomic E-state index is 13.0. The Morgan fingerprint density at radius 1 is 1.19 bits per heavy atom. The molecule has 2 aliphatic heterocycles. The molecule has 0 bridgehead atoms. The second-order valence-corrected chi connectivity index (χ2v) is 9.11. The van der Waals surface area contributed by atoms with Gasteiger partial charge in [0, 0.05) is 6.04 Å². The van der Waals surface area contributed by atoms with Gasteiger partial charge in [-0.05, 0) is 62.9 Å². The van der Waals surface area contributed by atoms with Crippen LogP contribution in [-0.2, 0) is 9.59 Å². The molecule has 7 nitrogen and oxygen atoms in total. The van der Waals surface area contributed by atoms with Crippen LogP contribution < -0.4 is 16.0 Å². The molecule has 3 fully saturated rings. The smallest absolute Gasteiger partial charge is 0.325 e. The van der Waals surface area contributed by atoms with Crippen molar-refractivity contribution in [3.05, 3.63) is 0 Å². The molecule has 152 valence electrons. The number of rotatable bonds is 5. The van der Waals surface area contributed by atoms with E-state index in [1.54, 1.807) is 0 Å². The van der Waals surface area contributed by atoms with Gasteiger partial charge in [0.2, 0.25) is 5.91 Å². The predicted molar refractivity (Wildman–Crippen MR) is 103 cm³/mol. The lowest BCUT2D eigenvalue weighted by atomic mass is 9.65. The van der Waals surface area contributed by atoms with Gasteiger partial charge in [0.1, 0.15) is 12.1 Å². The Hall–Kier alpha value is -1.63. The highest BCUT2D eigenvalue weighted by Gasteiger charge is 2.53. The van der Waals surface area contributed by atoms with Crippen LogP contribution in [0.15, 0.2) is 0 Å². The summed E-state index contributed by atoms with van der Waals surface area (Å²) in [5.74, 6) is 0.0963. The molecule has 27 heavy (non-hydrogen) atoms. The highest BCUT2D eigenvalue weighted by atomic mass is 16.2. The number of carbonyl (C=O) groups is 3. The van der Waals surface area contributed by atoms with E-state index in [1.165, 1.54) is 0 Å². The Kier molecular flexibility index (Phi) is 5.79. The molecular formula is C20H34N4O3. The Morgan fingerprint density at radius 3 is 2.41 bits per heavy atom. The van der Waals surface area contributed by atoms with E-state index in [2.05, 4.69) is 36.7 Å². The average molecular weight is 379 g/mol. The number of nitrogens with one attached hydrogen (secondary N) is 3. The second-order valence-electron chi connectivity index (χ2n) is 9.11. The van der Waals surface area contributed by atoms with Gasteiger partial charge in [-0.15, -0.1) is 0 Å². The van der Waals surface area contributed by atoms with Crippen LogP contribution in [0.2, 0.25) is 0 Å². The number of piperidine rings is 1. The fourth-order valence-corrected chi connectivity index (χ4v) is 4.72. The van der Waals surface area contributed by atoms with Crippen LogP contribution in [0.1, 0.15) is 65.7 Å². The van der Waals surface area contributed by atoms with E-state index in [0.717, 1.165) is 50.1 Å². The number of amides is 4. The van der Waals surface area contributed by atoms with Gasteiger partial charge in [-0.1, -0.05) is 27.2 Å². The van der Waals surface area contributed by atoms with E-state index in [0.29, 0.717) is 18.8 Å². The number of hydrogen-bond acceptors (Lipinski definition) is 4. The Balaban J connectivity index is 1.58. The topological polar surface area (TPSA) is 90.5 Å². The second kappa shape index (κ2) is 7.78. The van der Waals surface area contributed by atoms with Gasteiger partial charge in [0.15, 0.2) is 0 Å². The van der Waals surface area contributed by atoms with E-state index in [9.17, 15) is 14.4 Å². The first-order chi connectivity index (χ1) is 12.8. The molecule has 0 radical (unpaired) electrons. The number of carbonyl (C=O) groups excluding carboxylic acids is 3. The molecule has 0 atom stereocenters. The van der Waals surface area contributed by atoms with Crippen molar-refractivity contribution in [2.24, 2.45) is 11.3 Å². The summed E-state index contributed by atoms with van der Waals surface area (Å²) in [5.41, 5.74) is -0.547. The van der Waals surface area contributed by atoms with Gasteiger partial charge < -0.3 is 16.0 Å². The summed E-state index contributed by atoms with van der Waals surface area (Å²) in [6.45, 7) is 8.35. The van der Waals surface area contributed by atoms with Crippen molar-refractivity contribution in [2.45, 2.75) is 77.3 Å². The Bertz CT molecular complexity index is 590. The van der Waals surface area contributed by atoms with Gasteiger partial charge in [-0.2, -0.15) is 0 Å². The normalized spacial score (nSPS) is 29.9. The third-order valence-electron chi connectivity index (χ3n) is 7.11. The first-order valence-corrected chi connectivity index (χ1v) is 10.4. The molecule has 2 heterocycles. The number of hydrogen-bond donors (Lipinski definition) is 3. The van der Waals surface area contributed by atoms with Crippen LogP contribution in [0.3, 0.4) is 0 Å². The zero-order chi connectivity index (χ0) is 19.7. The standard InChI is InChI=1S/C20H34N4O3/c1-4-19(2,3)14-5-9-20(10-6-14)17(26)24(18(27)23-20)13-16(25)22-15-7-11-21-12-8-15/h14-15,21H,4-13H2,1-3H3,(H,22,25)(H,23,27). The lowest BCUT2D eigenvalue weighted by Gasteiger charge is -2.42. The molecule has 2 saturated heterocycles. The summed E-state index contributed by atoms with van der Waals surface area (Å²) in [6.07, 6.45) is 6.06. The SMILES string of the molecule is CCC(C)(C)C1CCC2(CC1)NC(=O)N(CC(=O)NC1CCNCC1)C2=O. The third-order valence-corrected chi connectivity index (χ3v) is 7.11. The lowest BCUT2D eigenvalue weighted by Crippen LogP contribution is -2.51. The van der Waals surface area contributed by atoms with Crippen LogP contribution in [0.4, 0.5) is 4.79 Å². The van der Waals surface area contributed by atoms with E-state index < -0.39 is 11.6 Å². The van der Waals surface area contributed by atoms with Crippen molar-refractivity contribution >= 4 is 17.8 Å². The van der Waals surface area contributed by atoms with Crippen molar-refractivity contribution in [1.82, 2.24) is 20.9 Å². The number of nitrogens with zero attached hydrogens (tertiary/aromatic N) is 1. The molecule has 3 rings (SSSR count). The molecule has 4 amide bonds. The minimum atomic E-state index is -0.799. The summed E-state index contributed by atoms with van der Waals surface area (Å²) in [6, 6.07) is -0.297. The minimum absolute atomic E-state index is 0.125. The predicted octanol–water partition coefficient (Wildman–Crippen LogP) is 1.77. The van der Waals surface area contributed by atoms with Crippen molar-refractivity contribution in [3.63, 3.8) is 0 Å². The summed E-state index contributed by atoms with van der Waals surface area (Å²) >= 11 is 0. The van der Waals surface area contributed by atoms with Crippen molar-refractivity contribution in [1.29, 1.82) is 0 Å². The Labute approximate surface area is 162 Å². The molecule has 0 unspecified atom stereocenters. The largest absolute Gasteiger partial charge is 0.352 e. The Morgan fingerprint density at radius 2 is 1.81 bits per heavy atom. The first kappa shape index (κ1) is 20.1. The van der Waals surface area contributed by atoms with Gasteiger partial charge in [-0.25, -0.2) is 4.79 Å².